The Hall–Kier alpha value is -0.760. The number of hydrogen-bond acceptors (Lipinski definition) is 2. The lowest BCUT2D eigenvalue weighted by Gasteiger charge is -2.25. The second-order valence-corrected chi connectivity index (χ2v) is 3.87. The molecule has 0 aromatic carbocycles. The van der Waals surface area contributed by atoms with Crippen molar-refractivity contribution >= 4 is 0 Å². The van der Waals surface area contributed by atoms with E-state index in [1.165, 1.54) is 11.3 Å². The number of likely N-dealkylation sites (N-methyl/N-ethyl adjacent to an activating group) is 2. The first-order chi connectivity index (χ1) is 5.68. The molecule has 0 unspecified atom stereocenters. The molecule has 0 aromatic heterocycles. The Bertz CT molecular complexity index is 263. The summed E-state index contributed by atoms with van der Waals surface area (Å²) in [6.45, 7) is 5.55. The van der Waals surface area contributed by atoms with Crippen molar-refractivity contribution < 1.29 is 0 Å². The maximum Gasteiger partial charge on any atom is 0.0387 e. The van der Waals surface area contributed by atoms with Gasteiger partial charge in [0.05, 0.1) is 0 Å². The summed E-state index contributed by atoms with van der Waals surface area (Å²) in [6, 6.07) is 0. The summed E-state index contributed by atoms with van der Waals surface area (Å²) in [7, 11) is 4.36. The minimum atomic E-state index is 0. The van der Waals surface area contributed by atoms with Gasteiger partial charge in [-0.05, 0) is 25.1 Å². The number of rotatable bonds is 0. The molecule has 0 aromatic rings. The van der Waals surface area contributed by atoms with E-state index in [1.54, 1.807) is 5.57 Å². The van der Waals surface area contributed by atoms with Crippen LogP contribution >= 0.6 is 0 Å². The predicted octanol–water partition coefficient (Wildman–Crippen LogP) is 1.71. The van der Waals surface area contributed by atoms with E-state index in [1.807, 2.05) is 0 Å². The zero-order valence-corrected chi connectivity index (χ0v) is 8.09. The predicted molar refractivity (Wildman–Crippen MR) is 57.6 cm³/mol. The molecule has 0 atom stereocenters. The van der Waals surface area contributed by atoms with Gasteiger partial charge in [-0.2, -0.15) is 0 Å². The second kappa shape index (κ2) is 3.54. The first kappa shape index (κ1) is 10.3. The molecule has 0 bridgehead atoms. The van der Waals surface area contributed by atoms with Crippen LogP contribution in [0.2, 0.25) is 0 Å². The maximum atomic E-state index is 2.36. The highest BCUT2D eigenvalue weighted by atomic mass is 15.2. The van der Waals surface area contributed by atoms with Gasteiger partial charge in [-0.15, -0.1) is 0 Å². The minimum absolute atomic E-state index is 0. The average molecular weight is 180 g/mol. The molecule has 2 rings (SSSR count). The van der Waals surface area contributed by atoms with Gasteiger partial charge >= 0.3 is 0 Å². The normalized spacial score (nSPS) is 22.7. The van der Waals surface area contributed by atoms with E-state index in [4.69, 9.17) is 0 Å². The molecule has 13 heavy (non-hydrogen) atoms. The minimum Gasteiger partial charge on any atom is -0.373 e. The van der Waals surface area contributed by atoms with Gasteiger partial charge in [0.25, 0.3) is 0 Å². The molecule has 2 aliphatic rings. The summed E-state index contributed by atoms with van der Waals surface area (Å²) >= 11 is 0. The molecular formula is C11H20N2. The van der Waals surface area contributed by atoms with Crippen molar-refractivity contribution in [3.05, 3.63) is 22.9 Å². The third kappa shape index (κ3) is 1.63. The fourth-order valence-corrected chi connectivity index (χ4v) is 1.98. The highest BCUT2D eigenvalue weighted by Crippen LogP contribution is 2.27. The molecule has 0 fully saturated rings. The van der Waals surface area contributed by atoms with Gasteiger partial charge in [0, 0.05) is 32.4 Å². The van der Waals surface area contributed by atoms with Crippen molar-refractivity contribution in [2.75, 3.05) is 33.7 Å². The molecule has 0 radical (unpaired) electrons. The lowest BCUT2D eigenvalue weighted by Crippen LogP contribution is -2.24. The van der Waals surface area contributed by atoms with Crippen LogP contribution in [0.15, 0.2) is 22.9 Å². The monoisotopic (exact) mass is 180 g/mol. The standard InChI is InChI=1S/C10H16N2.CH4/c1-8-4-5-12(3)10-7-11(2)6-9(8)10;/h4H,5-7H2,1-3H3;1H4. The van der Waals surface area contributed by atoms with Crippen LogP contribution in [0, 0.1) is 0 Å². The fourth-order valence-electron chi connectivity index (χ4n) is 1.98. The zero-order valence-electron chi connectivity index (χ0n) is 8.09. The van der Waals surface area contributed by atoms with Crippen LogP contribution in [0.1, 0.15) is 14.4 Å². The van der Waals surface area contributed by atoms with E-state index in [9.17, 15) is 0 Å². The third-order valence-corrected chi connectivity index (χ3v) is 2.80. The maximum absolute atomic E-state index is 2.36. The summed E-state index contributed by atoms with van der Waals surface area (Å²) in [5.74, 6) is 0. The van der Waals surface area contributed by atoms with Gasteiger partial charge in [0.1, 0.15) is 0 Å². The van der Waals surface area contributed by atoms with Crippen LogP contribution in [0.4, 0.5) is 0 Å². The summed E-state index contributed by atoms with van der Waals surface area (Å²) in [4.78, 5) is 4.72. The summed E-state index contributed by atoms with van der Waals surface area (Å²) < 4.78 is 0. The molecule has 0 amide bonds. The van der Waals surface area contributed by atoms with Gasteiger partial charge in [-0.25, -0.2) is 0 Å². The van der Waals surface area contributed by atoms with Crippen LogP contribution in [-0.4, -0.2) is 43.5 Å². The second-order valence-electron chi connectivity index (χ2n) is 3.87. The molecule has 0 saturated heterocycles. The van der Waals surface area contributed by atoms with E-state index >= 15 is 0 Å². The topological polar surface area (TPSA) is 6.48 Å². The van der Waals surface area contributed by atoms with E-state index in [0.717, 1.165) is 19.6 Å². The van der Waals surface area contributed by atoms with Gasteiger partial charge in [0.2, 0.25) is 0 Å². The SMILES string of the molecule is C.CC1=CCN(C)C2=C1CN(C)C2. The van der Waals surface area contributed by atoms with E-state index in [-0.39, 0.29) is 7.43 Å². The molecular weight excluding hydrogens is 160 g/mol. The van der Waals surface area contributed by atoms with Gasteiger partial charge in [-0.1, -0.05) is 13.5 Å². The summed E-state index contributed by atoms with van der Waals surface area (Å²) in [6.07, 6.45) is 2.32. The quantitative estimate of drug-likeness (QED) is 0.560. The number of hydrogen-bond donors (Lipinski definition) is 0. The van der Waals surface area contributed by atoms with E-state index in [2.05, 4.69) is 36.9 Å². The van der Waals surface area contributed by atoms with Crippen LogP contribution in [0.25, 0.3) is 0 Å². The van der Waals surface area contributed by atoms with Crippen LogP contribution in [0.3, 0.4) is 0 Å². The molecule has 0 aliphatic carbocycles. The molecule has 2 heteroatoms. The van der Waals surface area contributed by atoms with Crippen molar-refractivity contribution in [2.24, 2.45) is 0 Å². The zero-order chi connectivity index (χ0) is 8.72. The Kier molecular flexibility index (Phi) is 2.81. The Morgan fingerprint density at radius 2 is 1.92 bits per heavy atom. The molecule has 2 aliphatic heterocycles. The van der Waals surface area contributed by atoms with Crippen LogP contribution in [-0.2, 0) is 0 Å². The smallest absolute Gasteiger partial charge is 0.0387 e. The first-order valence-electron chi connectivity index (χ1n) is 4.47. The molecule has 74 valence electrons. The molecule has 0 saturated carbocycles. The van der Waals surface area contributed by atoms with Crippen molar-refractivity contribution in [1.29, 1.82) is 0 Å². The highest BCUT2D eigenvalue weighted by Gasteiger charge is 2.24. The van der Waals surface area contributed by atoms with Crippen LogP contribution in [0.5, 0.6) is 0 Å². The summed E-state index contributed by atoms with van der Waals surface area (Å²) in [5, 5.41) is 0. The average Bonchev–Trinajstić information content (AvgIpc) is 2.41. The lowest BCUT2D eigenvalue weighted by atomic mass is 10.0. The Morgan fingerprint density at radius 1 is 1.23 bits per heavy atom. The Balaban J connectivity index is 0.000000845. The first-order valence-corrected chi connectivity index (χ1v) is 4.47. The molecule has 0 spiro atoms. The van der Waals surface area contributed by atoms with E-state index in [0.29, 0.717) is 0 Å². The van der Waals surface area contributed by atoms with Gasteiger partial charge in [-0.3, -0.25) is 4.90 Å². The fraction of sp³-hybridized carbons (Fsp3) is 0.636. The molecule has 2 heterocycles. The van der Waals surface area contributed by atoms with Crippen molar-refractivity contribution in [2.45, 2.75) is 14.4 Å². The molecule has 0 N–H and O–H groups in total. The Morgan fingerprint density at radius 3 is 2.54 bits per heavy atom. The van der Waals surface area contributed by atoms with E-state index < -0.39 is 0 Å². The lowest BCUT2D eigenvalue weighted by molar-refractivity contribution is 0.378. The summed E-state index contributed by atoms with van der Waals surface area (Å²) in [5.41, 5.74) is 4.55. The van der Waals surface area contributed by atoms with Crippen LogP contribution < -0.4 is 0 Å². The van der Waals surface area contributed by atoms with Gasteiger partial charge < -0.3 is 4.90 Å². The van der Waals surface area contributed by atoms with Crippen molar-refractivity contribution in [1.82, 2.24) is 9.80 Å². The van der Waals surface area contributed by atoms with Gasteiger partial charge in [0.15, 0.2) is 0 Å². The van der Waals surface area contributed by atoms with Crippen molar-refractivity contribution in [3.8, 4) is 0 Å². The molecule has 2 nitrogen and oxygen atoms in total. The largest absolute Gasteiger partial charge is 0.373 e. The highest BCUT2D eigenvalue weighted by molar-refractivity contribution is 5.41. The van der Waals surface area contributed by atoms with Crippen molar-refractivity contribution in [3.63, 3.8) is 0 Å². The Labute approximate surface area is 81.5 Å². The third-order valence-electron chi connectivity index (χ3n) is 2.80. The number of nitrogens with zero attached hydrogens (tertiary/aromatic N) is 2.